The van der Waals surface area contributed by atoms with Gasteiger partial charge in [0.25, 0.3) is 5.91 Å². The Morgan fingerprint density at radius 1 is 1.12 bits per heavy atom. The van der Waals surface area contributed by atoms with Crippen LogP contribution in [-0.2, 0) is 4.74 Å². The molecule has 0 saturated carbocycles. The van der Waals surface area contributed by atoms with Crippen LogP contribution in [0.25, 0.3) is 0 Å². The highest BCUT2D eigenvalue weighted by molar-refractivity contribution is 6.01. The second-order valence-electron chi connectivity index (χ2n) is 6.36. The van der Waals surface area contributed by atoms with Crippen molar-refractivity contribution in [2.45, 2.75) is 25.9 Å². The van der Waals surface area contributed by atoms with E-state index in [9.17, 15) is 4.79 Å². The topological polar surface area (TPSA) is 50.8 Å². The lowest BCUT2D eigenvalue weighted by Crippen LogP contribution is -2.44. The van der Waals surface area contributed by atoms with Gasteiger partial charge in [0.05, 0.1) is 18.8 Å². The minimum Gasteiger partial charge on any atom is -0.494 e. The number of nitrogens with zero attached hydrogens (tertiary/aromatic N) is 1. The Balaban J connectivity index is 1.88. The molecule has 1 atom stereocenters. The molecule has 5 nitrogen and oxygen atoms in total. The number of rotatable bonds is 8. The van der Waals surface area contributed by atoms with Gasteiger partial charge in [0.15, 0.2) is 0 Å². The zero-order valence-electron chi connectivity index (χ0n) is 15.4. The number of ether oxygens (including phenoxy) is 2. The van der Waals surface area contributed by atoms with Gasteiger partial charge in [-0.15, -0.1) is 0 Å². The maximum Gasteiger partial charge on any atom is 0.257 e. The molecule has 0 aliphatic carbocycles. The molecule has 1 heterocycles. The molecule has 3 rings (SSSR count). The van der Waals surface area contributed by atoms with Crippen LogP contribution in [-0.4, -0.2) is 37.7 Å². The Morgan fingerprint density at radius 2 is 1.96 bits per heavy atom. The van der Waals surface area contributed by atoms with Gasteiger partial charge in [-0.05, 0) is 36.2 Å². The fourth-order valence-corrected chi connectivity index (χ4v) is 3.08. The molecule has 1 aliphatic rings. The monoisotopic (exact) mass is 354 g/mol. The molecule has 2 aromatic rings. The van der Waals surface area contributed by atoms with Gasteiger partial charge in [-0.25, -0.2) is 0 Å². The highest BCUT2D eigenvalue weighted by Gasteiger charge is 2.32. The fourth-order valence-electron chi connectivity index (χ4n) is 3.08. The number of anilines is 1. The standard InChI is InChI=1S/C21H26N2O3/c1-3-4-13-26-17-9-7-8-16(15-17)20-22-19-11-6-5-10-18(19)21(24)23(20)12-14-25-2/h5-11,15,20,22H,3-4,12-14H2,1-2H3. The molecule has 0 radical (unpaired) electrons. The lowest BCUT2D eigenvalue weighted by atomic mass is 10.0. The van der Waals surface area contributed by atoms with Crippen molar-refractivity contribution in [1.82, 2.24) is 4.90 Å². The summed E-state index contributed by atoms with van der Waals surface area (Å²) in [6.07, 6.45) is 1.87. The average Bonchev–Trinajstić information content (AvgIpc) is 2.68. The van der Waals surface area contributed by atoms with Gasteiger partial charge >= 0.3 is 0 Å². The average molecular weight is 354 g/mol. The summed E-state index contributed by atoms with van der Waals surface area (Å²) in [7, 11) is 1.65. The molecule has 0 saturated heterocycles. The number of carbonyl (C=O) groups is 1. The number of unbranched alkanes of at least 4 members (excludes halogenated alkanes) is 1. The molecule has 1 N–H and O–H groups in total. The minimum atomic E-state index is -0.248. The first kappa shape index (κ1) is 18.3. The first-order chi connectivity index (χ1) is 12.7. The number of methoxy groups -OCH3 is 1. The first-order valence-corrected chi connectivity index (χ1v) is 9.13. The van der Waals surface area contributed by atoms with Gasteiger partial charge in [0.1, 0.15) is 11.9 Å². The molecule has 0 aromatic heterocycles. The second kappa shape index (κ2) is 8.72. The van der Waals surface area contributed by atoms with Crippen molar-refractivity contribution in [3.05, 3.63) is 59.7 Å². The van der Waals surface area contributed by atoms with Crippen molar-refractivity contribution in [1.29, 1.82) is 0 Å². The first-order valence-electron chi connectivity index (χ1n) is 9.13. The van der Waals surface area contributed by atoms with Gasteiger partial charge in [0.2, 0.25) is 0 Å². The molecule has 1 amide bonds. The summed E-state index contributed by atoms with van der Waals surface area (Å²) in [6, 6.07) is 15.6. The molecule has 138 valence electrons. The summed E-state index contributed by atoms with van der Waals surface area (Å²) in [5, 5.41) is 3.49. The van der Waals surface area contributed by atoms with Crippen LogP contribution >= 0.6 is 0 Å². The molecule has 1 aliphatic heterocycles. The predicted octanol–water partition coefficient (Wildman–Crippen LogP) is 4.08. The Kier molecular flexibility index (Phi) is 6.12. The summed E-state index contributed by atoms with van der Waals surface area (Å²) >= 11 is 0. The number of para-hydroxylation sites is 1. The molecule has 1 unspecified atom stereocenters. The number of amides is 1. The Bertz CT molecular complexity index is 748. The smallest absolute Gasteiger partial charge is 0.257 e. The van der Waals surface area contributed by atoms with Crippen molar-refractivity contribution in [3.63, 3.8) is 0 Å². The molecule has 0 bridgehead atoms. The number of hydrogen-bond donors (Lipinski definition) is 1. The highest BCUT2D eigenvalue weighted by atomic mass is 16.5. The van der Waals surface area contributed by atoms with Crippen LogP contribution in [0.2, 0.25) is 0 Å². The summed E-state index contributed by atoms with van der Waals surface area (Å²) in [5.41, 5.74) is 2.54. The van der Waals surface area contributed by atoms with E-state index in [1.807, 2.05) is 53.4 Å². The lowest BCUT2D eigenvalue weighted by Gasteiger charge is -2.38. The van der Waals surface area contributed by atoms with Crippen molar-refractivity contribution in [3.8, 4) is 5.75 Å². The third-order valence-electron chi connectivity index (χ3n) is 4.50. The van der Waals surface area contributed by atoms with Crippen LogP contribution < -0.4 is 10.1 Å². The van der Waals surface area contributed by atoms with Gasteiger partial charge in [-0.2, -0.15) is 0 Å². The SMILES string of the molecule is CCCCOc1cccc(C2Nc3ccccc3C(=O)N2CCOC)c1. The quantitative estimate of drug-likeness (QED) is 0.726. The second-order valence-corrected chi connectivity index (χ2v) is 6.36. The molecule has 26 heavy (non-hydrogen) atoms. The Labute approximate surface area is 154 Å². The van der Waals surface area contributed by atoms with Gasteiger partial charge in [-0.1, -0.05) is 37.6 Å². The number of nitrogens with one attached hydrogen (secondary N) is 1. The van der Waals surface area contributed by atoms with E-state index in [0.717, 1.165) is 29.8 Å². The largest absolute Gasteiger partial charge is 0.494 e. The van der Waals surface area contributed by atoms with Crippen molar-refractivity contribution < 1.29 is 14.3 Å². The van der Waals surface area contributed by atoms with E-state index < -0.39 is 0 Å². The molecule has 0 fully saturated rings. The third-order valence-corrected chi connectivity index (χ3v) is 4.50. The lowest BCUT2D eigenvalue weighted by molar-refractivity contribution is 0.0609. The van der Waals surface area contributed by atoms with Gasteiger partial charge in [-0.3, -0.25) is 4.79 Å². The van der Waals surface area contributed by atoms with Crippen LogP contribution in [0, 0.1) is 0 Å². The van der Waals surface area contributed by atoms with Crippen molar-refractivity contribution in [2.24, 2.45) is 0 Å². The van der Waals surface area contributed by atoms with E-state index in [1.165, 1.54) is 0 Å². The molecule has 5 heteroatoms. The summed E-state index contributed by atoms with van der Waals surface area (Å²) in [6.45, 7) is 3.84. The van der Waals surface area contributed by atoms with Gasteiger partial charge in [0, 0.05) is 19.3 Å². The summed E-state index contributed by atoms with van der Waals surface area (Å²) < 4.78 is 11.0. The summed E-state index contributed by atoms with van der Waals surface area (Å²) in [5.74, 6) is 0.842. The number of hydrogen-bond acceptors (Lipinski definition) is 4. The zero-order valence-corrected chi connectivity index (χ0v) is 15.4. The van der Waals surface area contributed by atoms with Crippen LogP contribution in [0.1, 0.15) is 41.9 Å². The third kappa shape index (κ3) is 3.99. The predicted molar refractivity (Wildman–Crippen MR) is 103 cm³/mol. The number of benzene rings is 2. The zero-order chi connectivity index (χ0) is 18.4. The normalized spacial score (nSPS) is 16.2. The van der Waals surface area contributed by atoms with E-state index in [4.69, 9.17) is 9.47 Å². The Morgan fingerprint density at radius 3 is 2.77 bits per heavy atom. The van der Waals surface area contributed by atoms with E-state index in [-0.39, 0.29) is 12.1 Å². The van der Waals surface area contributed by atoms with E-state index in [0.29, 0.717) is 25.3 Å². The van der Waals surface area contributed by atoms with Crippen LogP contribution in [0.4, 0.5) is 5.69 Å². The highest BCUT2D eigenvalue weighted by Crippen LogP contribution is 2.33. The number of carbonyl (C=O) groups excluding carboxylic acids is 1. The molecular formula is C21H26N2O3. The van der Waals surface area contributed by atoms with Crippen LogP contribution in [0.3, 0.4) is 0 Å². The maximum atomic E-state index is 13.0. The molecule has 0 spiro atoms. The van der Waals surface area contributed by atoms with Crippen molar-refractivity contribution in [2.75, 3.05) is 32.2 Å². The van der Waals surface area contributed by atoms with E-state index in [2.05, 4.69) is 12.2 Å². The fraction of sp³-hybridized carbons (Fsp3) is 0.381. The number of fused-ring (bicyclic) bond motifs is 1. The maximum absolute atomic E-state index is 13.0. The van der Waals surface area contributed by atoms with Crippen LogP contribution in [0.5, 0.6) is 5.75 Å². The van der Waals surface area contributed by atoms with E-state index >= 15 is 0 Å². The van der Waals surface area contributed by atoms with Gasteiger partial charge < -0.3 is 19.7 Å². The van der Waals surface area contributed by atoms with Crippen molar-refractivity contribution >= 4 is 11.6 Å². The summed E-state index contributed by atoms with van der Waals surface area (Å²) in [4.78, 5) is 14.8. The Hall–Kier alpha value is -2.53. The molecular weight excluding hydrogens is 328 g/mol. The molecule has 2 aromatic carbocycles. The minimum absolute atomic E-state index is 0.0127. The van der Waals surface area contributed by atoms with Crippen LogP contribution in [0.15, 0.2) is 48.5 Å². The van der Waals surface area contributed by atoms with E-state index in [1.54, 1.807) is 7.11 Å².